The van der Waals surface area contributed by atoms with Gasteiger partial charge in [0.1, 0.15) is 18.0 Å². The van der Waals surface area contributed by atoms with Crippen LogP contribution in [0.3, 0.4) is 0 Å². The van der Waals surface area contributed by atoms with Crippen molar-refractivity contribution in [2.45, 2.75) is 12.5 Å². The molecule has 0 aliphatic carbocycles. The van der Waals surface area contributed by atoms with Gasteiger partial charge < -0.3 is 15.5 Å². The van der Waals surface area contributed by atoms with Crippen molar-refractivity contribution < 1.29 is 4.74 Å². The Labute approximate surface area is 145 Å². The number of fused-ring (bicyclic) bond motifs is 1. The molecule has 0 radical (unpaired) electrons. The van der Waals surface area contributed by atoms with Crippen LogP contribution in [0.1, 0.15) is 12.5 Å². The second-order valence-corrected chi connectivity index (χ2v) is 6.80. The van der Waals surface area contributed by atoms with E-state index in [4.69, 9.17) is 22.1 Å². The number of hydrogen-bond acceptors (Lipinski definition) is 3. The summed E-state index contributed by atoms with van der Waals surface area (Å²) in [5.74, 6) is 0.536. The van der Waals surface area contributed by atoms with Crippen molar-refractivity contribution in [3.8, 4) is 11.3 Å². The topological polar surface area (TPSA) is 63.4 Å². The average molecular weight is 340 g/mol. The summed E-state index contributed by atoms with van der Waals surface area (Å²) in [6.07, 6.45) is 0. The molecule has 2 heterocycles. The second kappa shape index (κ2) is 5.65. The van der Waals surface area contributed by atoms with Gasteiger partial charge in [-0.05, 0) is 42.3 Å². The SMILES string of the molecule is CC1(c2cccc(-c3cc4ccc(Cl)cc4[nH]3)c2)COCC(N)=N1. The number of nitrogens with two attached hydrogens (primary N) is 1. The van der Waals surface area contributed by atoms with Crippen LogP contribution in [0, 0.1) is 0 Å². The summed E-state index contributed by atoms with van der Waals surface area (Å²) in [5, 5.41) is 1.86. The van der Waals surface area contributed by atoms with Gasteiger partial charge in [-0.3, -0.25) is 4.99 Å². The summed E-state index contributed by atoms with van der Waals surface area (Å²) in [6, 6.07) is 16.3. The number of aromatic nitrogens is 1. The van der Waals surface area contributed by atoms with Crippen molar-refractivity contribution in [3.63, 3.8) is 0 Å². The standard InChI is InChI=1S/C19H18ClN3O/c1-19(11-24-10-18(21)23-19)14-4-2-3-12(7-14)16-8-13-5-6-15(20)9-17(13)22-16/h2-9,22H,10-11H2,1H3,(H2,21,23). The van der Waals surface area contributed by atoms with E-state index >= 15 is 0 Å². The van der Waals surface area contributed by atoms with Gasteiger partial charge in [-0.2, -0.15) is 0 Å². The summed E-state index contributed by atoms with van der Waals surface area (Å²) >= 11 is 6.07. The molecule has 0 fully saturated rings. The Balaban J connectivity index is 1.78. The summed E-state index contributed by atoms with van der Waals surface area (Å²) in [5.41, 5.74) is 9.67. The number of benzene rings is 2. The first kappa shape index (κ1) is 15.2. The quantitative estimate of drug-likeness (QED) is 0.738. The number of aromatic amines is 1. The summed E-state index contributed by atoms with van der Waals surface area (Å²) < 4.78 is 5.58. The van der Waals surface area contributed by atoms with E-state index < -0.39 is 5.54 Å². The third-order valence-corrected chi connectivity index (χ3v) is 4.64. The second-order valence-electron chi connectivity index (χ2n) is 6.37. The zero-order valence-corrected chi connectivity index (χ0v) is 14.1. The number of aliphatic imine (C=N–C) groups is 1. The van der Waals surface area contributed by atoms with Gasteiger partial charge >= 0.3 is 0 Å². The number of rotatable bonds is 2. The van der Waals surface area contributed by atoms with Crippen LogP contribution >= 0.6 is 11.6 Å². The van der Waals surface area contributed by atoms with E-state index in [2.05, 4.69) is 34.2 Å². The van der Waals surface area contributed by atoms with Crippen LogP contribution in [0.2, 0.25) is 5.02 Å². The van der Waals surface area contributed by atoms with Crippen LogP contribution in [-0.2, 0) is 10.3 Å². The largest absolute Gasteiger partial charge is 0.386 e. The van der Waals surface area contributed by atoms with E-state index in [9.17, 15) is 0 Å². The van der Waals surface area contributed by atoms with E-state index in [-0.39, 0.29) is 0 Å². The normalized spacial score (nSPS) is 21.0. The summed E-state index contributed by atoms with van der Waals surface area (Å²) in [7, 11) is 0. The average Bonchev–Trinajstić information content (AvgIpc) is 2.98. The van der Waals surface area contributed by atoms with Gasteiger partial charge in [0.15, 0.2) is 0 Å². The first-order valence-corrected chi connectivity index (χ1v) is 8.22. The number of amidine groups is 1. The number of ether oxygens (including phenoxy) is 1. The molecule has 0 amide bonds. The molecule has 1 aromatic heterocycles. The van der Waals surface area contributed by atoms with Crippen LogP contribution in [0.4, 0.5) is 0 Å². The lowest BCUT2D eigenvalue weighted by Gasteiger charge is -2.30. The number of nitrogens with zero attached hydrogens (tertiary/aromatic N) is 1. The van der Waals surface area contributed by atoms with Crippen LogP contribution < -0.4 is 5.73 Å². The fourth-order valence-electron chi connectivity index (χ4n) is 3.16. The van der Waals surface area contributed by atoms with Gasteiger partial charge in [-0.25, -0.2) is 0 Å². The minimum atomic E-state index is -0.451. The molecule has 4 nitrogen and oxygen atoms in total. The molecule has 1 unspecified atom stereocenters. The van der Waals surface area contributed by atoms with Crippen molar-refractivity contribution in [2.75, 3.05) is 13.2 Å². The lowest BCUT2D eigenvalue weighted by Crippen LogP contribution is -2.37. The molecule has 0 saturated heterocycles. The lowest BCUT2D eigenvalue weighted by atomic mass is 9.91. The molecule has 2 aromatic carbocycles. The Bertz CT molecular complexity index is 947. The van der Waals surface area contributed by atoms with Gasteiger partial charge in [0.25, 0.3) is 0 Å². The van der Waals surface area contributed by atoms with Crippen molar-refractivity contribution in [1.82, 2.24) is 4.98 Å². The molecular weight excluding hydrogens is 322 g/mol. The molecule has 122 valence electrons. The predicted octanol–water partition coefficient (Wildman–Crippen LogP) is 4.09. The summed E-state index contributed by atoms with van der Waals surface area (Å²) in [4.78, 5) is 8.04. The Morgan fingerprint density at radius 3 is 2.92 bits per heavy atom. The lowest BCUT2D eigenvalue weighted by molar-refractivity contribution is 0.106. The van der Waals surface area contributed by atoms with Crippen LogP contribution in [0.15, 0.2) is 53.5 Å². The first-order chi connectivity index (χ1) is 11.5. The maximum atomic E-state index is 6.07. The molecule has 0 saturated carbocycles. The molecule has 24 heavy (non-hydrogen) atoms. The van der Waals surface area contributed by atoms with Crippen LogP contribution in [0.25, 0.3) is 22.2 Å². The van der Waals surface area contributed by atoms with E-state index in [0.29, 0.717) is 19.0 Å². The predicted molar refractivity (Wildman–Crippen MR) is 98.5 cm³/mol. The highest BCUT2D eigenvalue weighted by Crippen LogP contribution is 2.32. The third-order valence-electron chi connectivity index (χ3n) is 4.40. The molecule has 4 rings (SSSR count). The van der Waals surface area contributed by atoms with E-state index in [1.165, 1.54) is 0 Å². The zero-order valence-electron chi connectivity index (χ0n) is 13.3. The fraction of sp³-hybridized carbons (Fsp3) is 0.211. The molecule has 3 aromatic rings. The molecule has 1 aliphatic rings. The number of halogens is 1. The number of nitrogens with one attached hydrogen (secondary N) is 1. The van der Waals surface area contributed by atoms with E-state index in [1.54, 1.807) is 0 Å². The first-order valence-electron chi connectivity index (χ1n) is 7.85. The molecular formula is C19H18ClN3O. The fourth-order valence-corrected chi connectivity index (χ4v) is 3.33. The maximum absolute atomic E-state index is 6.07. The molecule has 5 heteroatoms. The monoisotopic (exact) mass is 339 g/mol. The summed E-state index contributed by atoms with van der Waals surface area (Å²) in [6.45, 7) is 2.97. The van der Waals surface area contributed by atoms with Gasteiger partial charge in [0.05, 0.1) is 6.61 Å². The Kier molecular flexibility index (Phi) is 3.59. The van der Waals surface area contributed by atoms with Gasteiger partial charge in [0, 0.05) is 21.6 Å². The van der Waals surface area contributed by atoms with Crippen LogP contribution in [0.5, 0.6) is 0 Å². The zero-order chi connectivity index (χ0) is 16.7. The van der Waals surface area contributed by atoms with Gasteiger partial charge in [-0.1, -0.05) is 35.9 Å². The Morgan fingerprint density at radius 1 is 1.21 bits per heavy atom. The highest BCUT2D eigenvalue weighted by atomic mass is 35.5. The van der Waals surface area contributed by atoms with Crippen molar-refractivity contribution in [2.24, 2.45) is 10.7 Å². The molecule has 0 spiro atoms. The molecule has 3 N–H and O–H groups in total. The highest BCUT2D eigenvalue weighted by molar-refractivity contribution is 6.31. The molecule has 0 bridgehead atoms. The molecule has 1 aliphatic heterocycles. The number of hydrogen-bond donors (Lipinski definition) is 2. The van der Waals surface area contributed by atoms with Crippen molar-refractivity contribution in [3.05, 3.63) is 59.1 Å². The van der Waals surface area contributed by atoms with Crippen LogP contribution in [-0.4, -0.2) is 24.0 Å². The Hall–Kier alpha value is -2.30. The van der Waals surface area contributed by atoms with Gasteiger partial charge in [0.2, 0.25) is 0 Å². The third kappa shape index (κ3) is 2.68. The van der Waals surface area contributed by atoms with Gasteiger partial charge in [-0.15, -0.1) is 0 Å². The minimum Gasteiger partial charge on any atom is -0.386 e. The maximum Gasteiger partial charge on any atom is 0.121 e. The van der Waals surface area contributed by atoms with Crippen molar-refractivity contribution in [1.29, 1.82) is 0 Å². The number of H-pyrrole nitrogens is 1. The van der Waals surface area contributed by atoms with E-state index in [1.807, 2.05) is 31.2 Å². The minimum absolute atomic E-state index is 0.401. The smallest absolute Gasteiger partial charge is 0.121 e. The highest BCUT2D eigenvalue weighted by Gasteiger charge is 2.30. The Morgan fingerprint density at radius 2 is 2.08 bits per heavy atom. The van der Waals surface area contributed by atoms with Crippen molar-refractivity contribution >= 4 is 28.3 Å². The molecule has 1 atom stereocenters. The van der Waals surface area contributed by atoms with E-state index in [0.717, 1.165) is 32.7 Å².